The molecule has 0 fully saturated rings. The lowest BCUT2D eigenvalue weighted by Gasteiger charge is -2.09. The average molecular weight is 340 g/mol. The van der Waals surface area contributed by atoms with Crippen molar-refractivity contribution < 1.29 is 4.79 Å². The monoisotopic (exact) mass is 339 g/mol. The number of halogens is 1. The third-order valence-electron chi connectivity index (χ3n) is 3.38. The molecule has 0 amide bonds. The molecule has 0 saturated carbocycles. The molecular weight excluding hydrogens is 326 g/mol. The Morgan fingerprint density at radius 3 is 2.38 bits per heavy atom. The average Bonchev–Trinajstić information content (AvgIpc) is 2.96. The van der Waals surface area contributed by atoms with Gasteiger partial charge in [0.15, 0.2) is 0 Å². The van der Waals surface area contributed by atoms with E-state index in [1.165, 1.54) is 5.56 Å². The van der Waals surface area contributed by atoms with E-state index in [-0.39, 0.29) is 5.78 Å². The van der Waals surface area contributed by atoms with E-state index in [1.807, 2.05) is 65.4 Å². The fourth-order valence-corrected chi connectivity index (χ4v) is 2.79. The van der Waals surface area contributed by atoms with Crippen molar-refractivity contribution in [2.45, 2.75) is 6.54 Å². The highest BCUT2D eigenvalue weighted by atomic mass is 79.9. The van der Waals surface area contributed by atoms with Crippen LogP contribution in [0.5, 0.6) is 0 Å². The molecule has 1 heterocycles. The number of carbonyl (C=O) groups excluding carboxylic acids is 1. The van der Waals surface area contributed by atoms with Crippen molar-refractivity contribution in [3.63, 3.8) is 0 Å². The molecule has 0 aliphatic rings. The fraction of sp³-hybridized carbons (Fsp3) is 0.0556. The van der Waals surface area contributed by atoms with Gasteiger partial charge in [0.25, 0.3) is 0 Å². The van der Waals surface area contributed by atoms with Gasteiger partial charge in [-0.3, -0.25) is 4.79 Å². The van der Waals surface area contributed by atoms with Gasteiger partial charge in [0, 0.05) is 22.8 Å². The topological polar surface area (TPSA) is 22.0 Å². The summed E-state index contributed by atoms with van der Waals surface area (Å²) in [6, 6.07) is 21.4. The Kier molecular flexibility index (Phi) is 4.02. The molecule has 0 unspecified atom stereocenters. The van der Waals surface area contributed by atoms with Crippen LogP contribution in [-0.4, -0.2) is 10.4 Å². The first kappa shape index (κ1) is 13.8. The molecule has 3 heteroatoms. The summed E-state index contributed by atoms with van der Waals surface area (Å²) in [5.74, 6) is 0.0309. The maximum absolute atomic E-state index is 12.7. The highest BCUT2D eigenvalue weighted by molar-refractivity contribution is 9.10. The number of nitrogens with zero attached hydrogens (tertiary/aromatic N) is 1. The van der Waals surface area contributed by atoms with E-state index in [2.05, 4.69) is 28.1 Å². The van der Waals surface area contributed by atoms with E-state index >= 15 is 0 Å². The van der Waals surface area contributed by atoms with Crippen LogP contribution in [0.15, 0.2) is 77.4 Å². The largest absolute Gasteiger partial charge is 0.340 e. The first-order chi connectivity index (χ1) is 10.3. The zero-order valence-corrected chi connectivity index (χ0v) is 13.0. The minimum Gasteiger partial charge on any atom is -0.340 e. The Morgan fingerprint density at radius 2 is 1.62 bits per heavy atom. The number of rotatable bonds is 4. The van der Waals surface area contributed by atoms with Crippen molar-refractivity contribution in [2.75, 3.05) is 0 Å². The molecule has 1 aromatic heterocycles. The van der Waals surface area contributed by atoms with E-state index in [4.69, 9.17) is 0 Å². The molecule has 0 N–H and O–H groups in total. The van der Waals surface area contributed by atoms with E-state index in [0.29, 0.717) is 17.8 Å². The normalized spacial score (nSPS) is 10.5. The van der Waals surface area contributed by atoms with Crippen molar-refractivity contribution >= 4 is 21.7 Å². The van der Waals surface area contributed by atoms with Crippen molar-refractivity contribution in [2.24, 2.45) is 0 Å². The maximum Gasteiger partial charge on any atom is 0.210 e. The van der Waals surface area contributed by atoms with Gasteiger partial charge >= 0.3 is 0 Å². The van der Waals surface area contributed by atoms with Crippen LogP contribution < -0.4 is 0 Å². The van der Waals surface area contributed by atoms with Gasteiger partial charge in [-0.25, -0.2) is 0 Å². The molecule has 21 heavy (non-hydrogen) atoms. The number of ketones is 1. The van der Waals surface area contributed by atoms with Gasteiger partial charge in [-0.05, 0) is 29.8 Å². The Labute approximate surface area is 132 Å². The van der Waals surface area contributed by atoms with Gasteiger partial charge in [0.1, 0.15) is 0 Å². The minimum atomic E-state index is 0.0309. The van der Waals surface area contributed by atoms with Crippen LogP contribution >= 0.6 is 15.9 Å². The zero-order chi connectivity index (χ0) is 14.7. The van der Waals surface area contributed by atoms with Gasteiger partial charge in [-0.15, -0.1) is 0 Å². The van der Waals surface area contributed by atoms with E-state index in [9.17, 15) is 4.79 Å². The summed E-state index contributed by atoms with van der Waals surface area (Å²) in [5, 5.41) is 0. The van der Waals surface area contributed by atoms with Crippen molar-refractivity contribution in [3.05, 3.63) is 94.2 Å². The van der Waals surface area contributed by atoms with Crippen molar-refractivity contribution in [1.82, 2.24) is 4.57 Å². The van der Waals surface area contributed by atoms with Crippen molar-refractivity contribution in [3.8, 4) is 0 Å². The molecule has 104 valence electrons. The zero-order valence-electron chi connectivity index (χ0n) is 11.4. The number of benzene rings is 2. The van der Waals surface area contributed by atoms with Crippen LogP contribution in [0, 0.1) is 0 Å². The molecule has 0 spiro atoms. The second-order valence-corrected chi connectivity index (χ2v) is 5.67. The second kappa shape index (κ2) is 6.10. The molecule has 3 aromatic rings. The second-order valence-electron chi connectivity index (χ2n) is 4.82. The lowest BCUT2D eigenvalue weighted by molar-refractivity contribution is 0.103. The van der Waals surface area contributed by atoms with Gasteiger partial charge in [0.05, 0.1) is 5.69 Å². The van der Waals surface area contributed by atoms with Crippen LogP contribution in [0.3, 0.4) is 0 Å². The lowest BCUT2D eigenvalue weighted by Crippen LogP contribution is -2.11. The summed E-state index contributed by atoms with van der Waals surface area (Å²) < 4.78 is 2.80. The molecule has 2 aromatic carbocycles. The minimum absolute atomic E-state index is 0.0309. The van der Waals surface area contributed by atoms with Crippen LogP contribution in [0.4, 0.5) is 0 Å². The maximum atomic E-state index is 12.7. The van der Waals surface area contributed by atoms with Gasteiger partial charge in [0.2, 0.25) is 5.78 Å². The highest BCUT2D eigenvalue weighted by Gasteiger charge is 2.15. The summed E-state index contributed by atoms with van der Waals surface area (Å²) in [6.07, 6.45) is 1.94. The molecule has 0 aliphatic heterocycles. The molecule has 0 saturated heterocycles. The standard InChI is InChI=1S/C18H14BrNO/c19-16-10-5-4-9-15(16)18(21)17-11-6-12-20(17)13-14-7-2-1-3-8-14/h1-12H,13H2. The summed E-state index contributed by atoms with van der Waals surface area (Å²) in [6.45, 7) is 0.694. The van der Waals surface area contributed by atoms with E-state index in [0.717, 1.165) is 4.47 Å². The number of hydrogen-bond acceptors (Lipinski definition) is 1. The highest BCUT2D eigenvalue weighted by Crippen LogP contribution is 2.20. The molecule has 0 aliphatic carbocycles. The molecular formula is C18H14BrNO. The smallest absolute Gasteiger partial charge is 0.210 e. The summed E-state index contributed by atoms with van der Waals surface area (Å²) in [7, 11) is 0. The molecule has 0 bridgehead atoms. The third kappa shape index (κ3) is 2.98. The van der Waals surface area contributed by atoms with E-state index < -0.39 is 0 Å². The summed E-state index contributed by atoms with van der Waals surface area (Å²) >= 11 is 3.44. The van der Waals surface area contributed by atoms with Crippen LogP contribution in [0.2, 0.25) is 0 Å². The lowest BCUT2D eigenvalue weighted by atomic mass is 10.1. The summed E-state index contributed by atoms with van der Waals surface area (Å²) in [5.41, 5.74) is 2.56. The van der Waals surface area contributed by atoms with Crippen molar-refractivity contribution in [1.29, 1.82) is 0 Å². The van der Waals surface area contributed by atoms with Gasteiger partial charge in [-0.1, -0.05) is 58.4 Å². The molecule has 3 rings (SSSR count). The first-order valence-corrected chi connectivity index (χ1v) is 7.53. The Balaban J connectivity index is 1.92. The number of aromatic nitrogens is 1. The predicted octanol–water partition coefficient (Wildman–Crippen LogP) is 4.53. The Hall–Kier alpha value is -2.13. The molecule has 0 atom stereocenters. The Morgan fingerprint density at radius 1 is 0.905 bits per heavy atom. The molecule has 0 radical (unpaired) electrons. The van der Waals surface area contributed by atoms with Crippen LogP contribution in [0.1, 0.15) is 21.6 Å². The van der Waals surface area contributed by atoms with Gasteiger partial charge in [-0.2, -0.15) is 0 Å². The van der Waals surface area contributed by atoms with Crippen LogP contribution in [-0.2, 0) is 6.54 Å². The van der Waals surface area contributed by atoms with Crippen LogP contribution in [0.25, 0.3) is 0 Å². The third-order valence-corrected chi connectivity index (χ3v) is 4.07. The first-order valence-electron chi connectivity index (χ1n) is 6.74. The SMILES string of the molecule is O=C(c1ccccc1Br)c1cccn1Cc1ccccc1. The Bertz CT molecular complexity index is 762. The molecule has 2 nitrogen and oxygen atoms in total. The fourth-order valence-electron chi connectivity index (χ4n) is 2.32. The summed E-state index contributed by atoms with van der Waals surface area (Å²) in [4.78, 5) is 12.7. The number of carbonyl (C=O) groups is 1. The van der Waals surface area contributed by atoms with E-state index in [1.54, 1.807) is 0 Å². The quantitative estimate of drug-likeness (QED) is 0.640. The predicted molar refractivity (Wildman–Crippen MR) is 87.6 cm³/mol. The number of hydrogen-bond donors (Lipinski definition) is 0. The van der Waals surface area contributed by atoms with Gasteiger partial charge < -0.3 is 4.57 Å².